The lowest BCUT2D eigenvalue weighted by Gasteiger charge is -2.13. The Morgan fingerprint density at radius 3 is 2.06 bits per heavy atom. The van der Waals surface area contributed by atoms with Gasteiger partial charge in [-0.2, -0.15) is 0 Å². The molecular formula is C10H18O6. The maximum atomic E-state index is 10.5. The first-order chi connectivity index (χ1) is 7.57. The van der Waals surface area contributed by atoms with Crippen LogP contribution in [0.3, 0.4) is 0 Å². The van der Waals surface area contributed by atoms with Crippen LogP contribution >= 0.6 is 0 Å². The lowest BCUT2D eigenvalue weighted by Crippen LogP contribution is -2.31. The van der Waals surface area contributed by atoms with E-state index in [9.17, 15) is 4.79 Å². The first-order valence-electron chi connectivity index (χ1n) is 4.70. The van der Waals surface area contributed by atoms with Crippen molar-refractivity contribution in [3.8, 4) is 0 Å². The summed E-state index contributed by atoms with van der Waals surface area (Å²) in [6.07, 6.45) is -2.78. The molecule has 0 fully saturated rings. The zero-order valence-electron chi connectivity index (χ0n) is 9.38. The third-order valence-corrected chi connectivity index (χ3v) is 1.48. The predicted molar refractivity (Wildman–Crippen MR) is 57.9 cm³/mol. The molecule has 2 atom stereocenters. The predicted octanol–water partition coefficient (Wildman–Crippen LogP) is 0.421. The van der Waals surface area contributed by atoms with Crippen LogP contribution in [-0.4, -0.2) is 45.2 Å². The highest BCUT2D eigenvalue weighted by Crippen LogP contribution is 2.20. The van der Waals surface area contributed by atoms with Crippen LogP contribution in [0.25, 0.3) is 0 Å². The van der Waals surface area contributed by atoms with E-state index < -0.39 is 36.3 Å². The van der Waals surface area contributed by atoms with Crippen molar-refractivity contribution in [3.05, 3.63) is 24.7 Å². The van der Waals surface area contributed by atoms with Crippen LogP contribution < -0.4 is 0 Å². The van der Waals surface area contributed by atoms with E-state index in [0.29, 0.717) is 0 Å². The number of carbonyl (C=O) groups excluding carboxylic acids is 1. The number of aliphatic hydroxyl groups excluding tert-OH is 4. The van der Waals surface area contributed by atoms with E-state index in [1.165, 1.54) is 0 Å². The van der Waals surface area contributed by atoms with Gasteiger partial charge in [-0.25, -0.2) is 4.79 Å². The van der Waals surface area contributed by atoms with E-state index in [4.69, 9.17) is 20.4 Å². The Morgan fingerprint density at radius 1 is 1.38 bits per heavy atom. The van der Waals surface area contributed by atoms with Gasteiger partial charge in [0.15, 0.2) is 11.9 Å². The highest BCUT2D eigenvalue weighted by atomic mass is 16.6. The summed E-state index contributed by atoms with van der Waals surface area (Å²) >= 11 is 0. The maximum absolute atomic E-state index is 10.5. The van der Waals surface area contributed by atoms with E-state index in [1.807, 2.05) is 13.8 Å². The maximum Gasteiger partial charge on any atom is 0.377 e. The van der Waals surface area contributed by atoms with E-state index in [0.717, 1.165) is 0 Å². The van der Waals surface area contributed by atoms with Crippen molar-refractivity contribution in [2.75, 3.05) is 6.61 Å². The number of cyclic esters (lactones) is 1. The number of rotatable bonds is 2. The van der Waals surface area contributed by atoms with Crippen molar-refractivity contribution in [2.24, 2.45) is 0 Å². The van der Waals surface area contributed by atoms with Crippen molar-refractivity contribution in [1.82, 2.24) is 0 Å². The molecule has 1 aliphatic rings. The zero-order valence-corrected chi connectivity index (χ0v) is 9.38. The van der Waals surface area contributed by atoms with Gasteiger partial charge in [0.2, 0.25) is 5.76 Å². The Hall–Kier alpha value is -1.53. The fourth-order valence-corrected chi connectivity index (χ4v) is 0.823. The summed E-state index contributed by atoms with van der Waals surface area (Å²) in [4.78, 5) is 10.5. The quantitative estimate of drug-likeness (QED) is 0.407. The average molecular weight is 234 g/mol. The SMILES string of the molecule is C=C.CC.O=C1O[C@H]([C@@H](O)CO)C(O)=C1O. The van der Waals surface area contributed by atoms with Gasteiger partial charge < -0.3 is 25.2 Å². The summed E-state index contributed by atoms with van der Waals surface area (Å²) in [5.41, 5.74) is 0. The van der Waals surface area contributed by atoms with Crippen molar-refractivity contribution in [2.45, 2.75) is 26.1 Å². The third-order valence-electron chi connectivity index (χ3n) is 1.48. The Balaban J connectivity index is 0. The van der Waals surface area contributed by atoms with Gasteiger partial charge in [-0.3, -0.25) is 0 Å². The van der Waals surface area contributed by atoms with Crippen LogP contribution in [0.4, 0.5) is 0 Å². The topological polar surface area (TPSA) is 107 Å². The Kier molecular flexibility index (Phi) is 9.24. The lowest BCUT2D eigenvalue weighted by molar-refractivity contribution is -0.147. The molecular weight excluding hydrogens is 216 g/mol. The van der Waals surface area contributed by atoms with Gasteiger partial charge in [0.05, 0.1) is 6.61 Å². The monoisotopic (exact) mass is 234 g/mol. The van der Waals surface area contributed by atoms with Gasteiger partial charge in [-0.1, -0.05) is 13.8 Å². The Morgan fingerprint density at radius 2 is 1.81 bits per heavy atom. The van der Waals surface area contributed by atoms with Crippen LogP contribution in [0.2, 0.25) is 0 Å². The minimum absolute atomic E-state index is 0.671. The molecule has 0 amide bonds. The second-order valence-corrected chi connectivity index (χ2v) is 2.31. The van der Waals surface area contributed by atoms with E-state index >= 15 is 0 Å². The molecule has 0 spiro atoms. The molecule has 1 rings (SSSR count). The smallest absolute Gasteiger partial charge is 0.377 e. The molecule has 0 aromatic carbocycles. The molecule has 4 N–H and O–H groups in total. The summed E-state index contributed by atoms with van der Waals surface area (Å²) in [6.45, 7) is 9.33. The summed E-state index contributed by atoms with van der Waals surface area (Å²) in [5.74, 6) is -2.78. The molecule has 94 valence electrons. The lowest BCUT2D eigenvalue weighted by atomic mass is 10.2. The van der Waals surface area contributed by atoms with Gasteiger partial charge in [-0.05, 0) is 0 Å². The molecule has 0 unspecified atom stereocenters. The minimum Gasteiger partial charge on any atom is -0.505 e. The number of aliphatic hydroxyl groups is 4. The van der Waals surface area contributed by atoms with Crippen LogP contribution in [-0.2, 0) is 9.53 Å². The minimum atomic E-state index is -1.42. The molecule has 0 bridgehead atoms. The van der Waals surface area contributed by atoms with Crippen molar-refractivity contribution >= 4 is 5.97 Å². The summed E-state index contributed by atoms with van der Waals surface area (Å²) in [6, 6.07) is 0. The second kappa shape index (κ2) is 8.75. The summed E-state index contributed by atoms with van der Waals surface area (Å²) < 4.78 is 4.32. The molecule has 16 heavy (non-hydrogen) atoms. The highest BCUT2D eigenvalue weighted by Gasteiger charge is 2.38. The first-order valence-corrected chi connectivity index (χ1v) is 4.70. The zero-order chi connectivity index (χ0) is 13.3. The first kappa shape index (κ1) is 16.9. The molecule has 0 aromatic heterocycles. The van der Waals surface area contributed by atoms with Crippen LogP contribution in [0.5, 0.6) is 0 Å². The van der Waals surface area contributed by atoms with Crippen LogP contribution in [0.1, 0.15) is 13.8 Å². The molecule has 6 nitrogen and oxygen atoms in total. The molecule has 0 aliphatic carbocycles. The molecule has 0 aromatic rings. The second-order valence-electron chi connectivity index (χ2n) is 2.31. The fraction of sp³-hybridized carbons (Fsp3) is 0.500. The largest absolute Gasteiger partial charge is 0.505 e. The van der Waals surface area contributed by atoms with Gasteiger partial charge in [-0.15, -0.1) is 13.2 Å². The van der Waals surface area contributed by atoms with Gasteiger partial charge in [0, 0.05) is 0 Å². The van der Waals surface area contributed by atoms with E-state index in [1.54, 1.807) is 0 Å². The Labute approximate surface area is 94.1 Å². The number of hydrogen-bond donors (Lipinski definition) is 4. The van der Waals surface area contributed by atoms with Crippen molar-refractivity contribution in [3.63, 3.8) is 0 Å². The standard InChI is InChI=1S/C6H8O6.C2H6.C2H4/c7-1-2(8)5-3(9)4(10)6(11)12-5;2*1-2/h2,5,7-10H,1H2;1-2H3;1-2H2/t2-,5+;;/m0../s1. The van der Waals surface area contributed by atoms with E-state index in [2.05, 4.69) is 17.9 Å². The fourth-order valence-electron chi connectivity index (χ4n) is 0.823. The number of esters is 1. The molecule has 1 heterocycles. The number of hydrogen-bond acceptors (Lipinski definition) is 6. The molecule has 1 aliphatic heterocycles. The highest BCUT2D eigenvalue weighted by molar-refractivity contribution is 5.89. The van der Waals surface area contributed by atoms with Crippen molar-refractivity contribution < 1.29 is 30.0 Å². The molecule has 6 heteroatoms. The molecule has 0 radical (unpaired) electrons. The van der Waals surface area contributed by atoms with Gasteiger partial charge in [0.1, 0.15) is 6.10 Å². The molecule has 0 saturated heterocycles. The summed E-state index contributed by atoms with van der Waals surface area (Å²) in [7, 11) is 0. The summed E-state index contributed by atoms with van der Waals surface area (Å²) in [5, 5.41) is 35.0. The number of carbonyl (C=O) groups is 1. The molecule has 0 saturated carbocycles. The normalized spacial score (nSPS) is 20.0. The van der Waals surface area contributed by atoms with Crippen molar-refractivity contribution in [1.29, 1.82) is 0 Å². The van der Waals surface area contributed by atoms with Gasteiger partial charge in [0.25, 0.3) is 0 Å². The van der Waals surface area contributed by atoms with Gasteiger partial charge >= 0.3 is 5.97 Å². The van der Waals surface area contributed by atoms with E-state index in [-0.39, 0.29) is 0 Å². The van der Waals surface area contributed by atoms with Crippen LogP contribution in [0.15, 0.2) is 24.7 Å². The third kappa shape index (κ3) is 3.92. The van der Waals surface area contributed by atoms with Crippen LogP contribution in [0, 0.1) is 0 Å². The number of ether oxygens (including phenoxy) is 1. The Bertz CT molecular complexity index is 248. The average Bonchev–Trinajstić information content (AvgIpc) is 2.61.